The molecule has 2 aromatic rings. The van der Waals surface area contributed by atoms with Crippen LogP contribution in [0.1, 0.15) is 43.4 Å². The molecular weight excluding hydrogens is 518 g/mol. The van der Waals surface area contributed by atoms with Crippen LogP contribution < -0.4 is 9.62 Å². The number of likely N-dealkylation sites (N-methyl/N-ethyl adjacent to an activating group) is 1. The van der Waals surface area contributed by atoms with Gasteiger partial charge in [0.05, 0.1) is 11.9 Å². The summed E-state index contributed by atoms with van der Waals surface area (Å²) in [6, 6.07) is 12.5. The molecule has 0 bridgehead atoms. The van der Waals surface area contributed by atoms with E-state index >= 15 is 0 Å². The molecule has 0 saturated heterocycles. The number of nitrogens with one attached hydrogen (secondary N) is 1. The van der Waals surface area contributed by atoms with Crippen molar-refractivity contribution in [1.82, 2.24) is 10.2 Å². The Kier molecular flexibility index (Phi) is 10.1. The Bertz CT molecular complexity index is 1100. The standard InChI is InChI=1S/C25H34BrN3O4S/c1-6-27-25(31)20(4)28(17-21-12-14-22(26)15-13-21)24(30)11-8-16-29(34(5,32)33)23-10-7-9-18(2)19(23)3/h7,9-10,12-15,20H,6,8,11,16-17H2,1-5H3,(H,27,31)/t20-/m0/s1. The molecule has 1 N–H and O–H groups in total. The van der Waals surface area contributed by atoms with Crippen LogP contribution in [0.25, 0.3) is 0 Å². The zero-order valence-electron chi connectivity index (χ0n) is 20.5. The number of nitrogens with zero attached hydrogens (tertiary/aromatic N) is 2. The van der Waals surface area contributed by atoms with Gasteiger partial charge in [0, 0.05) is 30.5 Å². The van der Waals surface area contributed by atoms with Crippen LogP contribution in [0.3, 0.4) is 0 Å². The third-order valence-electron chi connectivity index (χ3n) is 5.78. The van der Waals surface area contributed by atoms with Crippen molar-refractivity contribution in [2.24, 2.45) is 0 Å². The van der Waals surface area contributed by atoms with Gasteiger partial charge in [0.2, 0.25) is 21.8 Å². The van der Waals surface area contributed by atoms with E-state index < -0.39 is 16.1 Å². The number of hydrogen-bond donors (Lipinski definition) is 1. The molecule has 1 atom stereocenters. The lowest BCUT2D eigenvalue weighted by Crippen LogP contribution is -2.47. The largest absolute Gasteiger partial charge is 0.355 e. The Labute approximate surface area is 211 Å². The Hall–Kier alpha value is -2.39. The van der Waals surface area contributed by atoms with Crippen molar-refractivity contribution in [2.45, 2.75) is 53.1 Å². The molecule has 0 saturated carbocycles. The van der Waals surface area contributed by atoms with Gasteiger partial charge < -0.3 is 10.2 Å². The quantitative estimate of drug-likeness (QED) is 0.454. The lowest BCUT2D eigenvalue weighted by molar-refractivity contribution is -0.140. The normalized spacial score (nSPS) is 12.2. The molecule has 2 rings (SSSR count). The molecule has 2 aromatic carbocycles. The van der Waals surface area contributed by atoms with Gasteiger partial charge >= 0.3 is 0 Å². The molecule has 0 spiro atoms. The molecule has 0 aliphatic carbocycles. The number of anilines is 1. The second-order valence-corrected chi connectivity index (χ2v) is 11.2. The lowest BCUT2D eigenvalue weighted by atomic mass is 10.1. The van der Waals surface area contributed by atoms with Crippen LogP contribution in [0.2, 0.25) is 0 Å². The van der Waals surface area contributed by atoms with E-state index in [0.29, 0.717) is 18.7 Å². The fourth-order valence-electron chi connectivity index (χ4n) is 3.68. The van der Waals surface area contributed by atoms with Crippen LogP contribution in [-0.2, 0) is 26.2 Å². The predicted molar refractivity (Wildman–Crippen MR) is 140 cm³/mol. The fraction of sp³-hybridized carbons (Fsp3) is 0.440. The van der Waals surface area contributed by atoms with Crippen molar-refractivity contribution in [3.8, 4) is 0 Å². The number of benzene rings is 2. The number of rotatable bonds is 11. The van der Waals surface area contributed by atoms with Crippen LogP contribution in [0.4, 0.5) is 5.69 Å². The first kappa shape index (κ1) is 27.9. The zero-order chi connectivity index (χ0) is 25.5. The van der Waals surface area contributed by atoms with Gasteiger partial charge in [-0.1, -0.05) is 40.2 Å². The average Bonchev–Trinajstić information content (AvgIpc) is 2.77. The summed E-state index contributed by atoms with van der Waals surface area (Å²) in [7, 11) is -3.53. The number of amides is 2. The third-order valence-corrected chi connectivity index (χ3v) is 7.49. The molecule has 0 aromatic heterocycles. The number of carbonyl (C=O) groups excluding carboxylic acids is 2. The van der Waals surface area contributed by atoms with Crippen LogP contribution in [0.15, 0.2) is 46.9 Å². The van der Waals surface area contributed by atoms with Crippen molar-refractivity contribution in [3.05, 3.63) is 63.6 Å². The highest BCUT2D eigenvalue weighted by molar-refractivity contribution is 9.10. The molecule has 0 aliphatic rings. The Morgan fingerprint density at radius 3 is 2.32 bits per heavy atom. The van der Waals surface area contributed by atoms with Gasteiger partial charge in [0.1, 0.15) is 6.04 Å². The van der Waals surface area contributed by atoms with Gasteiger partial charge in [-0.15, -0.1) is 0 Å². The second-order valence-electron chi connectivity index (χ2n) is 8.38. The van der Waals surface area contributed by atoms with E-state index in [1.807, 2.05) is 57.2 Å². The highest BCUT2D eigenvalue weighted by Gasteiger charge is 2.26. The first-order chi connectivity index (χ1) is 16.0. The Balaban J connectivity index is 2.18. The molecule has 186 valence electrons. The van der Waals surface area contributed by atoms with Crippen molar-refractivity contribution in [2.75, 3.05) is 23.7 Å². The second kappa shape index (κ2) is 12.4. The molecule has 0 radical (unpaired) electrons. The first-order valence-corrected chi connectivity index (χ1v) is 13.9. The smallest absolute Gasteiger partial charge is 0.242 e. The summed E-state index contributed by atoms with van der Waals surface area (Å²) >= 11 is 3.41. The van der Waals surface area contributed by atoms with Gasteiger partial charge in [-0.2, -0.15) is 0 Å². The van der Waals surface area contributed by atoms with Crippen molar-refractivity contribution in [1.29, 1.82) is 0 Å². The maximum Gasteiger partial charge on any atom is 0.242 e. The van der Waals surface area contributed by atoms with Crippen molar-refractivity contribution in [3.63, 3.8) is 0 Å². The summed E-state index contributed by atoms with van der Waals surface area (Å²) in [5.74, 6) is -0.419. The summed E-state index contributed by atoms with van der Waals surface area (Å²) in [4.78, 5) is 27.3. The number of halogens is 1. The van der Waals surface area contributed by atoms with E-state index in [9.17, 15) is 18.0 Å². The summed E-state index contributed by atoms with van der Waals surface area (Å²) in [5.41, 5.74) is 3.41. The van der Waals surface area contributed by atoms with Crippen LogP contribution in [0.5, 0.6) is 0 Å². The minimum Gasteiger partial charge on any atom is -0.355 e. The maximum atomic E-state index is 13.2. The first-order valence-electron chi connectivity index (χ1n) is 11.3. The lowest BCUT2D eigenvalue weighted by Gasteiger charge is -2.29. The molecule has 0 heterocycles. The Morgan fingerprint density at radius 2 is 1.74 bits per heavy atom. The number of hydrogen-bond acceptors (Lipinski definition) is 4. The van der Waals surface area contributed by atoms with Gasteiger partial charge in [-0.3, -0.25) is 13.9 Å². The maximum absolute atomic E-state index is 13.2. The topological polar surface area (TPSA) is 86.8 Å². The van der Waals surface area contributed by atoms with Crippen LogP contribution in [-0.4, -0.2) is 50.5 Å². The van der Waals surface area contributed by atoms with E-state index in [-0.39, 0.29) is 31.3 Å². The zero-order valence-corrected chi connectivity index (χ0v) is 22.9. The monoisotopic (exact) mass is 551 g/mol. The van der Waals surface area contributed by atoms with Crippen molar-refractivity contribution >= 4 is 43.5 Å². The van der Waals surface area contributed by atoms with E-state index in [2.05, 4.69) is 21.2 Å². The minimum absolute atomic E-state index is 0.122. The minimum atomic E-state index is -3.53. The van der Waals surface area contributed by atoms with E-state index in [1.54, 1.807) is 17.9 Å². The average molecular weight is 553 g/mol. The predicted octanol–water partition coefficient (Wildman–Crippen LogP) is 4.17. The highest BCUT2D eigenvalue weighted by atomic mass is 79.9. The summed E-state index contributed by atoms with van der Waals surface area (Å²) in [6.07, 6.45) is 1.63. The summed E-state index contributed by atoms with van der Waals surface area (Å²) in [5, 5.41) is 2.77. The van der Waals surface area contributed by atoms with Gasteiger partial charge in [0.25, 0.3) is 0 Å². The molecular formula is C25H34BrN3O4S. The summed E-state index contributed by atoms with van der Waals surface area (Å²) in [6.45, 7) is 8.31. The fourth-order valence-corrected chi connectivity index (χ4v) is 4.96. The summed E-state index contributed by atoms with van der Waals surface area (Å²) < 4.78 is 27.3. The molecule has 2 amide bonds. The highest BCUT2D eigenvalue weighted by Crippen LogP contribution is 2.25. The SMILES string of the molecule is CCNC(=O)[C@H](C)N(Cc1ccc(Br)cc1)C(=O)CCCN(c1cccc(C)c1C)S(C)(=O)=O. The molecule has 0 fully saturated rings. The molecule has 0 aliphatic heterocycles. The van der Waals surface area contributed by atoms with Gasteiger partial charge in [-0.05, 0) is 69.0 Å². The third kappa shape index (κ3) is 7.56. The van der Waals surface area contributed by atoms with Gasteiger partial charge in [0.15, 0.2) is 0 Å². The van der Waals surface area contributed by atoms with Crippen molar-refractivity contribution < 1.29 is 18.0 Å². The molecule has 0 unspecified atom stereocenters. The van der Waals surface area contributed by atoms with E-state index in [1.165, 1.54) is 10.6 Å². The number of carbonyl (C=O) groups is 2. The molecule has 7 nitrogen and oxygen atoms in total. The Morgan fingerprint density at radius 1 is 1.09 bits per heavy atom. The molecule has 9 heteroatoms. The van der Waals surface area contributed by atoms with E-state index in [0.717, 1.165) is 21.2 Å². The number of aryl methyl sites for hydroxylation is 1. The van der Waals surface area contributed by atoms with E-state index in [4.69, 9.17) is 0 Å². The van der Waals surface area contributed by atoms with Crippen LogP contribution in [0, 0.1) is 13.8 Å². The van der Waals surface area contributed by atoms with Crippen LogP contribution >= 0.6 is 15.9 Å². The van der Waals surface area contributed by atoms with Gasteiger partial charge in [-0.25, -0.2) is 8.42 Å². The molecule has 34 heavy (non-hydrogen) atoms. The number of sulfonamides is 1.